The fraction of sp³-hybridized carbons (Fsp3) is 0.125. The van der Waals surface area contributed by atoms with Crippen LogP contribution < -0.4 is 5.32 Å². The van der Waals surface area contributed by atoms with Crippen LogP contribution >= 0.6 is 0 Å². The minimum Gasteiger partial charge on any atom is -0.394 e. The van der Waals surface area contributed by atoms with E-state index < -0.39 is 12.1 Å². The molecule has 2 heterocycles. The van der Waals surface area contributed by atoms with Crippen LogP contribution in [0.2, 0.25) is 0 Å². The van der Waals surface area contributed by atoms with Gasteiger partial charge >= 0.3 is 0 Å². The number of nitrogens with one attached hydrogen (secondary N) is 1. The highest BCUT2D eigenvalue weighted by Crippen LogP contribution is 2.25. The maximum atomic E-state index is 10.7. The van der Waals surface area contributed by atoms with E-state index in [2.05, 4.69) is 20.3 Å². The molecule has 3 N–H and O–H groups in total. The van der Waals surface area contributed by atoms with Crippen LogP contribution in [0.15, 0.2) is 91.1 Å². The molecule has 0 unspecified atom stereocenters. The first-order chi connectivity index (χ1) is 14.7. The van der Waals surface area contributed by atoms with Gasteiger partial charge in [-0.25, -0.2) is 9.97 Å². The van der Waals surface area contributed by atoms with Gasteiger partial charge in [0.05, 0.1) is 18.3 Å². The van der Waals surface area contributed by atoms with Gasteiger partial charge in [-0.1, -0.05) is 66.7 Å². The topological polar surface area (TPSA) is 91.2 Å². The van der Waals surface area contributed by atoms with Gasteiger partial charge in [0.15, 0.2) is 5.82 Å². The fourth-order valence-corrected chi connectivity index (χ4v) is 3.18. The smallest absolute Gasteiger partial charge is 0.180 e. The third-order valence-corrected chi connectivity index (χ3v) is 4.74. The molecule has 6 nitrogen and oxygen atoms in total. The Kier molecular flexibility index (Phi) is 6.08. The molecule has 30 heavy (non-hydrogen) atoms. The number of aromatic nitrogens is 3. The fourth-order valence-electron chi connectivity index (χ4n) is 3.18. The Morgan fingerprint density at radius 3 is 2.17 bits per heavy atom. The minimum atomic E-state index is -0.898. The van der Waals surface area contributed by atoms with Crippen LogP contribution in [-0.2, 0) is 0 Å². The van der Waals surface area contributed by atoms with Gasteiger partial charge in [-0.15, -0.1) is 0 Å². The van der Waals surface area contributed by atoms with Gasteiger partial charge in [0, 0.05) is 17.8 Å². The van der Waals surface area contributed by atoms with Crippen molar-refractivity contribution >= 4 is 5.82 Å². The second-order valence-corrected chi connectivity index (χ2v) is 6.83. The molecular weight excluding hydrogens is 376 g/mol. The van der Waals surface area contributed by atoms with Crippen LogP contribution in [0.25, 0.3) is 22.8 Å². The summed E-state index contributed by atoms with van der Waals surface area (Å²) in [4.78, 5) is 13.6. The first kappa shape index (κ1) is 19.7. The molecule has 4 aromatic rings. The molecule has 2 atom stereocenters. The van der Waals surface area contributed by atoms with E-state index in [0.29, 0.717) is 22.9 Å². The van der Waals surface area contributed by atoms with Gasteiger partial charge in [-0.3, -0.25) is 4.98 Å². The van der Waals surface area contributed by atoms with Crippen molar-refractivity contribution in [2.45, 2.75) is 12.1 Å². The molecule has 0 aliphatic heterocycles. The monoisotopic (exact) mass is 398 g/mol. The number of rotatable bonds is 7. The van der Waals surface area contributed by atoms with Gasteiger partial charge in [0.2, 0.25) is 0 Å². The predicted molar refractivity (Wildman–Crippen MR) is 117 cm³/mol. The van der Waals surface area contributed by atoms with Crippen molar-refractivity contribution in [1.82, 2.24) is 15.0 Å². The van der Waals surface area contributed by atoms with E-state index in [-0.39, 0.29) is 6.61 Å². The first-order valence-electron chi connectivity index (χ1n) is 9.71. The Labute approximate surface area is 174 Å². The lowest BCUT2D eigenvalue weighted by molar-refractivity contribution is 0.118. The third kappa shape index (κ3) is 4.51. The second kappa shape index (κ2) is 9.26. The summed E-state index contributed by atoms with van der Waals surface area (Å²) in [6.45, 7) is -0.264. The average molecular weight is 398 g/mol. The molecule has 0 spiro atoms. The van der Waals surface area contributed by atoms with Crippen molar-refractivity contribution in [2.75, 3.05) is 11.9 Å². The Hall–Kier alpha value is -3.61. The zero-order valence-electron chi connectivity index (χ0n) is 16.3. The van der Waals surface area contributed by atoms with Crippen molar-refractivity contribution in [3.8, 4) is 22.8 Å². The molecule has 0 bridgehead atoms. The maximum Gasteiger partial charge on any atom is 0.180 e. The molecule has 4 rings (SSSR count). The molecule has 0 radical (unpaired) electrons. The van der Waals surface area contributed by atoms with Gasteiger partial charge in [-0.05, 0) is 17.7 Å². The number of benzene rings is 2. The highest BCUT2D eigenvalue weighted by Gasteiger charge is 2.21. The van der Waals surface area contributed by atoms with Crippen LogP contribution in [0.5, 0.6) is 0 Å². The normalized spacial score (nSPS) is 12.9. The molecule has 0 saturated heterocycles. The SMILES string of the molecule is OC[C@@H](Nc1cc(-c2ccccc2)nc(-c2ccccn2)n1)[C@@H](O)c1ccccc1. The summed E-state index contributed by atoms with van der Waals surface area (Å²) < 4.78 is 0. The number of pyridine rings is 1. The summed E-state index contributed by atoms with van der Waals surface area (Å²) in [6.07, 6.45) is 0.793. The Morgan fingerprint density at radius 1 is 0.800 bits per heavy atom. The van der Waals surface area contributed by atoms with Crippen molar-refractivity contribution in [2.24, 2.45) is 0 Å². The second-order valence-electron chi connectivity index (χ2n) is 6.83. The number of hydrogen-bond donors (Lipinski definition) is 3. The predicted octanol–water partition coefficient (Wildman–Crippen LogP) is 3.71. The molecular formula is C24H22N4O2. The zero-order valence-corrected chi connectivity index (χ0v) is 16.3. The Morgan fingerprint density at radius 2 is 1.50 bits per heavy atom. The van der Waals surface area contributed by atoms with Crippen LogP contribution in [0, 0.1) is 0 Å². The van der Waals surface area contributed by atoms with Gasteiger partial charge in [-0.2, -0.15) is 0 Å². The number of hydrogen-bond acceptors (Lipinski definition) is 6. The van der Waals surface area contributed by atoms with Crippen LogP contribution in [0.4, 0.5) is 5.82 Å². The molecule has 0 saturated carbocycles. The number of aliphatic hydroxyl groups excluding tert-OH is 2. The molecule has 0 amide bonds. The van der Waals surface area contributed by atoms with E-state index in [0.717, 1.165) is 11.3 Å². The van der Waals surface area contributed by atoms with Crippen molar-refractivity contribution in [3.63, 3.8) is 0 Å². The molecule has 150 valence electrons. The first-order valence-corrected chi connectivity index (χ1v) is 9.71. The summed E-state index contributed by atoms with van der Waals surface area (Å²) >= 11 is 0. The Balaban J connectivity index is 1.71. The average Bonchev–Trinajstić information content (AvgIpc) is 2.83. The molecule has 6 heteroatoms. The van der Waals surface area contributed by atoms with Crippen molar-refractivity contribution in [1.29, 1.82) is 0 Å². The van der Waals surface area contributed by atoms with Crippen LogP contribution in [0.3, 0.4) is 0 Å². The summed E-state index contributed by atoms with van der Waals surface area (Å²) in [5, 5.41) is 23.8. The molecule has 0 fully saturated rings. The molecule has 0 aliphatic carbocycles. The van der Waals surface area contributed by atoms with Gasteiger partial charge in [0.25, 0.3) is 0 Å². The molecule has 2 aromatic heterocycles. The Bertz CT molecular complexity index is 1020. The van der Waals surface area contributed by atoms with Gasteiger partial charge in [0.1, 0.15) is 17.6 Å². The number of anilines is 1. The largest absolute Gasteiger partial charge is 0.394 e. The number of nitrogens with zero attached hydrogens (tertiary/aromatic N) is 3. The van der Waals surface area contributed by atoms with E-state index in [1.54, 1.807) is 6.20 Å². The third-order valence-electron chi connectivity index (χ3n) is 4.74. The summed E-state index contributed by atoms with van der Waals surface area (Å²) in [6, 6.07) is 25.7. The summed E-state index contributed by atoms with van der Waals surface area (Å²) in [7, 11) is 0. The van der Waals surface area contributed by atoms with E-state index in [1.165, 1.54) is 0 Å². The number of aliphatic hydroxyl groups is 2. The lowest BCUT2D eigenvalue weighted by Gasteiger charge is -2.23. The highest BCUT2D eigenvalue weighted by molar-refractivity contribution is 5.66. The summed E-state index contributed by atoms with van der Waals surface area (Å²) in [5.74, 6) is 0.962. The van der Waals surface area contributed by atoms with E-state index in [4.69, 9.17) is 0 Å². The molecule has 0 aliphatic rings. The van der Waals surface area contributed by atoms with E-state index >= 15 is 0 Å². The van der Waals surface area contributed by atoms with Crippen LogP contribution in [0.1, 0.15) is 11.7 Å². The van der Waals surface area contributed by atoms with Crippen LogP contribution in [-0.4, -0.2) is 37.8 Å². The van der Waals surface area contributed by atoms with E-state index in [9.17, 15) is 10.2 Å². The summed E-state index contributed by atoms with van der Waals surface area (Å²) in [5.41, 5.74) is 3.01. The quantitative estimate of drug-likeness (QED) is 0.440. The molecule has 2 aromatic carbocycles. The van der Waals surface area contributed by atoms with E-state index in [1.807, 2.05) is 84.9 Å². The highest BCUT2D eigenvalue weighted by atomic mass is 16.3. The standard InChI is InChI=1S/C24H22N4O2/c29-16-21(23(30)18-11-5-2-6-12-18)26-22-15-20(17-9-3-1-4-10-17)27-24(28-22)19-13-7-8-14-25-19/h1-15,21,23,29-30H,16H2,(H,26,27,28)/t21-,23+/m1/s1. The lowest BCUT2D eigenvalue weighted by atomic mass is 10.0. The zero-order chi connectivity index (χ0) is 20.8. The van der Waals surface area contributed by atoms with Crippen molar-refractivity contribution in [3.05, 3.63) is 96.7 Å². The van der Waals surface area contributed by atoms with Gasteiger partial charge < -0.3 is 15.5 Å². The maximum absolute atomic E-state index is 10.7. The van der Waals surface area contributed by atoms with Crippen molar-refractivity contribution < 1.29 is 10.2 Å². The minimum absolute atomic E-state index is 0.264. The lowest BCUT2D eigenvalue weighted by Crippen LogP contribution is -2.31.